The first kappa shape index (κ1) is 19.9. The average Bonchev–Trinajstić information content (AvgIpc) is 2.65. The summed E-state index contributed by atoms with van der Waals surface area (Å²) < 4.78 is 5.64. The van der Waals surface area contributed by atoms with Crippen LogP contribution in [0.3, 0.4) is 0 Å². The van der Waals surface area contributed by atoms with E-state index < -0.39 is 0 Å². The number of nitrogens with zero attached hydrogens (tertiary/aromatic N) is 1. The van der Waals surface area contributed by atoms with E-state index in [0.717, 1.165) is 30.6 Å². The normalized spacial score (nSPS) is 14.8. The zero-order valence-corrected chi connectivity index (χ0v) is 15.6. The number of hydrogen-bond donors (Lipinski definition) is 1. The summed E-state index contributed by atoms with van der Waals surface area (Å²) in [5, 5.41) is 2.98. The largest absolute Gasteiger partial charge is 0.483 e. The van der Waals surface area contributed by atoms with Crippen LogP contribution in [-0.2, 0) is 20.8 Å². The first-order valence-corrected chi connectivity index (χ1v) is 9.27. The third-order valence-corrected chi connectivity index (χ3v) is 4.62. The van der Waals surface area contributed by atoms with Crippen LogP contribution in [0.5, 0.6) is 5.75 Å². The van der Waals surface area contributed by atoms with E-state index in [1.54, 1.807) is 4.90 Å². The molecule has 1 N–H and O–H groups in total. The van der Waals surface area contributed by atoms with Crippen molar-refractivity contribution in [1.82, 2.24) is 10.2 Å². The van der Waals surface area contributed by atoms with E-state index in [1.807, 2.05) is 31.2 Å². The molecule has 6 heteroatoms. The van der Waals surface area contributed by atoms with Crippen molar-refractivity contribution in [3.8, 4) is 5.75 Å². The van der Waals surface area contributed by atoms with Crippen molar-refractivity contribution in [2.24, 2.45) is 0 Å². The molecule has 1 aromatic carbocycles. The Morgan fingerprint density at radius 2 is 1.85 bits per heavy atom. The predicted octanol–water partition coefficient (Wildman–Crippen LogP) is 2.10. The van der Waals surface area contributed by atoms with Crippen LogP contribution in [0.2, 0.25) is 0 Å². The van der Waals surface area contributed by atoms with Gasteiger partial charge in [0.05, 0.1) is 0 Å². The number of hydrogen-bond acceptors (Lipinski definition) is 4. The first-order chi connectivity index (χ1) is 12.5. The molecule has 0 unspecified atom stereocenters. The number of carbonyl (C=O) groups excluding carboxylic acids is 3. The van der Waals surface area contributed by atoms with Crippen LogP contribution in [0, 0.1) is 0 Å². The minimum Gasteiger partial charge on any atom is -0.483 e. The summed E-state index contributed by atoms with van der Waals surface area (Å²) in [6.45, 7) is 4.76. The molecule has 0 bridgehead atoms. The van der Waals surface area contributed by atoms with Crippen molar-refractivity contribution < 1.29 is 19.1 Å². The van der Waals surface area contributed by atoms with Gasteiger partial charge in [-0.25, -0.2) is 0 Å². The van der Waals surface area contributed by atoms with Gasteiger partial charge in [0.1, 0.15) is 11.5 Å². The topological polar surface area (TPSA) is 75.7 Å². The monoisotopic (exact) mass is 360 g/mol. The summed E-state index contributed by atoms with van der Waals surface area (Å²) in [6, 6.07) is 7.77. The number of para-hydroxylation sites is 1. The van der Waals surface area contributed by atoms with E-state index in [2.05, 4.69) is 5.32 Å². The highest BCUT2D eigenvalue weighted by Crippen LogP contribution is 2.18. The molecule has 0 radical (unpaired) electrons. The lowest BCUT2D eigenvalue weighted by Gasteiger charge is -2.32. The molecule has 1 heterocycles. The zero-order valence-electron chi connectivity index (χ0n) is 15.6. The molecule has 0 aromatic heterocycles. The number of nitrogens with one attached hydrogen (secondary N) is 1. The molecule has 1 aromatic rings. The molecule has 2 amide bonds. The molecule has 1 aliphatic rings. The summed E-state index contributed by atoms with van der Waals surface area (Å²) in [5.41, 5.74) is 1.08. The average molecular weight is 360 g/mol. The Kier molecular flexibility index (Phi) is 7.63. The number of ketones is 1. The maximum atomic E-state index is 12.1. The molecule has 1 fully saturated rings. The highest BCUT2D eigenvalue weighted by atomic mass is 16.5. The fourth-order valence-corrected chi connectivity index (χ4v) is 3.06. The number of carbonyl (C=O) groups is 3. The highest BCUT2D eigenvalue weighted by Gasteiger charge is 2.23. The van der Waals surface area contributed by atoms with Gasteiger partial charge in [-0.2, -0.15) is 0 Å². The Bertz CT molecular complexity index is 636. The van der Waals surface area contributed by atoms with Crippen molar-refractivity contribution in [1.29, 1.82) is 0 Å². The van der Waals surface area contributed by atoms with Crippen LogP contribution in [0.25, 0.3) is 0 Å². The van der Waals surface area contributed by atoms with Gasteiger partial charge in [0.15, 0.2) is 6.61 Å². The van der Waals surface area contributed by atoms with E-state index >= 15 is 0 Å². The number of amides is 2. The second-order valence-electron chi connectivity index (χ2n) is 6.67. The maximum absolute atomic E-state index is 12.1. The van der Waals surface area contributed by atoms with Crippen molar-refractivity contribution >= 4 is 17.6 Å². The Hall–Kier alpha value is -2.37. The lowest BCUT2D eigenvalue weighted by atomic mass is 10.0. The SMILES string of the molecule is CCc1ccccc1OCC(=O)NC1CCN(C(=O)CCC(C)=O)CC1. The van der Waals surface area contributed by atoms with E-state index in [4.69, 9.17) is 4.74 Å². The Morgan fingerprint density at radius 3 is 2.50 bits per heavy atom. The van der Waals surface area contributed by atoms with Crippen molar-refractivity contribution in [3.63, 3.8) is 0 Å². The lowest BCUT2D eigenvalue weighted by Crippen LogP contribution is -2.47. The standard InChI is InChI=1S/C20H28N2O4/c1-3-16-6-4-5-7-18(16)26-14-19(24)21-17-10-12-22(13-11-17)20(25)9-8-15(2)23/h4-7,17H,3,8-14H2,1-2H3,(H,21,24). The van der Waals surface area contributed by atoms with E-state index in [9.17, 15) is 14.4 Å². The minimum atomic E-state index is -0.141. The Balaban J connectivity index is 1.71. The molecule has 6 nitrogen and oxygen atoms in total. The molecule has 1 aliphatic heterocycles. The first-order valence-electron chi connectivity index (χ1n) is 9.27. The van der Waals surface area contributed by atoms with Crippen molar-refractivity contribution in [2.75, 3.05) is 19.7 Å². The molecule has 0 atom stereocenters. The Labute approximate surface area is 154 Å². The summed E-state index contributed by atoms with van der Waals surface area (Å²) in [6.07, 6.45) is 2.88. The second kappa shape index (κ2) is 9.94. The quantitative estimate of drug-likeness (QED) is 0.770. The van der Waals surface area contributed by atoms with Gasteiger partial charge in [0, 0.05) is 32.0 Å². The summed E-state index contributed by atoms with van der Waals surface area (Å²) >= 11 is 0. The van der Waals surface area contributed by atoms with Crippen LogP contribution in [0.4, 0.5) is 0 Å². The third-order valence-electron chi connectivity index (χ3n) is 4.62. The van der Waals surface area contributed by atoms with E-state index in [-0.39, 0.29) is 36.7 Å². The van der Waals surface area contributed by atoms with Gasteiger partial charge in [-0.05, 0) is 37.8 Å². The van der Waals surface area contributed by atoms with Gasteiger partial charge >= 0.3 is 0 Å². The molecule has 26 heavy (non-hydrogen) atoms. The summed E-state index contributed by atoms with van der Waals surface area (Å²) in [7, 11) is 0. The number of aryl methyl sites for hydroxylation is 1. The second-order valence-corrected chi connectivity index (χ2v) is 6.67. The minimum absolute atomic E-state index is 0.00519. The van der Waals surface area contributed by atoms with Crippen LogP contribution < -0.4 is 10.1 Å². The fraction of sp³-hybridized carbons (Fsp3) is 0.550. The van der Waals surface area contributed by atoms with Gasteiger partial charge in [0.2, 0.25) is 5.91 Å². The van der Waals surface area contributed by atoms with E-state index in [1.165, 1.54) is 6.92 Å². The lowest BCUT2D eigenvalue weighted by molar-refractivity contribution is -0.134. The van der Waals surface area contributed by atoms with Gasteiger partial charge in [0.25, 0.3) is 5.91 Å². The molecule has 2 rings (SSSR count). The smallest absolute Gasteiger partial charge is 0.258 e. The molecule has 0 saturated carbocycles. The Morgan fingerprint density at radius 1 is 1.15 bits per heavy atom. The molecule has 0 spiro atoms. The van der Waals surface area contributed by atoms with E-state index in [0.29, 0.717) is 19.5 Å². The fourth-order valence-electron chi connectivity index (χ4n) is 3.06. The number of likely N-dealkylation sites (tertiary alicyclic amines) is 1. The van der Waals surface area contributed by atoms with Gasteiger partial charge < -0.3 is 19.7 Å². The third kappa shape index (κ3) is 6.17. The number of rotatable bonds is 8. The number of piperidine rings is 1. The maximum Gasteiger partial charge on any atom is 0.258 e. The number of ether oxygens (including phenoxy) is 1. The van der Waals surface area contributed by atoms with Crippen LogP contribution >= 0.6 is 0 Å². The highest BCUT2D eigenvalue weighted by molar-refractivity contribution is 5.83. The number of benzene rings is 1. The van der Waals surface area contributed by atoms with Crippen molar-refractivity contribution in [2.45, 2.75) is 52.0 Å². The van der Waals surface area contributed by atoms with Gasteiger partial charge in [-0.1, -0.05) is 25.1 Å². The summed E-state index contributed by atoms with van der Waals surface area (Å²) in [4.78, 5) is 36.9. The van der Waals surface area contributed by atoms with Crippen LogP contribution in [0.1, 0.15) is 45.1 Å². The zero-order chi connectivity index (χ0) is 18.9. The van der Waals surface area contributed by atoms with Gasteiger partial charge in [-0.3, -0.25) is 9.59 Å². The van der Waals surface area contributed by atoms with Crippen LogP contribution in [0.15, 0.2) is 24.3 Å². The number of Topliss-reactive ketones (excluding diaryl/α,β-unsaturated/α-hetero) is 1. The van der Waals surface area contributed by atoms with Crippen LogP contribution in [-0.4, -0.2) is 48.2 Å². The molecular weight excluding hydrogens is 332 g/mol. The molecule has 142 valence electrons. The van der Waals surface area contributed by atoms with Crippen molar-refractivity contribution in [3.05, 3.63) is 29.8 Å². The molecule has 1 saturated heterocycles. The summed E-state index contributed by atoms with van der Waals surface area (Å²) in [5.74, 6) is 0.655. The molecular formula is C20H28N2O4. The molecule has 0 aliphatic carbocycles. The predicted molar refractivity (Wildman–Crippen MR) is 99.0 cm³/mol. The van der Waals surface area contributed by atoms with Gasteiger partial charge in [-0.15, -0.1) is 0 Å².